The molecule has 0 rings (SSSR count). The van der Waals surface area contributed by atoms with E-state index >= 15 is 0 Å². The lowest BCUT2D eigenvalue weighted by Gasteiger charge is -2.38. The highest BCUT2D eigenvalue weighted by atomic mass is 16.1. The maximum Gasteiger partial charge on any atom is 0.213 e. The first-order valence-corrected chi connectivity index (χ1v) is 12.6. The van der Waals surface area contributed by atoms with Crippen molar-refractivity contribution in [1.82, 2.24) is 0 Å². The van der Waals surface area contributed by atoms with Gasteiger partial charge in [0.05, 0.1) is 11.0 Å². The minimum absolute atomic E-state index is 0.119. The molecule has 0 heterocycles. The number of hydrogen-bond donors (Lipinski definition) is 0. The van der Waals surface area contributed by atoms with Crippen LogP contribution in [0.1, 0.15) is 114 Å². The molecule has 0 saturated carbocycles. The Bertz CT molecular complexity index is 665. The van der Waals surface area contributed by atoms with E-state index in [2.05, 4.69) is 20.1 Å². The molecule has 0 aliphatic carbocycles. The molecule has 0 aromatic rings. The quantitative estimate of drug-likeness (QED) is 0.141. The predicted molar refractivity (Wildman–Crippen MR) is 132 cm³/mol. The number of carbonyl (C=O) groups excluding carboxylic acids is 4. The summed E-state index contributed by atoms with van der Waals surface area (Å²) in [5.74, 6) is 1.76. The van der Waals surface area contributed by atoms with Gasteiger partial charge in [0.2, 0.25) is 6.29 Å². The summed E-state index contributed by atoms with van der Waals surface area (Å²) in [6.45, 7) is 17.8. The smallest absolute Gasteiger partial charge is 0.213 e. The number of allylic oxidation sites excluding steroid dienone is 1. The zero-order valence-corrected chi connectivity index (χ0v) is 22.1. The summed E-state index contributed by atoms with van der Waals surface area (Å²) < 4.78 is 0. The van der Waals surface area contributed by atoms with E-state index < -0.39 is 10.8 Å². The molecule has 3 unspecified atom stereocenters. The number of hydrogen-bond acceptors (Lipinski definition) is 4. The average Bonchev–Trinajstić information content (AvgIpc) is 2.76. The Labute approximate surface area is 197 Å². The van der Waals surface area contributed by atoms with E-state index in [1.165, 1.54) is 0 Å². The Kier molecular flexibility index (Phi) is 13.2. The Morgan fingerprint density at radius 2 is 1.47 bits per heavy atom. The van der Waals surface area contributed by atoms with Crippen molar-refractivity contribution in [2.75, 3.05) is 0 Å². The number of carbonyl (C=O) groups is 2. The Morgan fingerprint density at radius 3 is 1.84 bits per heavy atom. The third-order valence-corrected chi connectivity index (χ3v) is 7.73. The second kappa shape index (κ2) is 13.9. The maximum atomic E-state index is 13.6. The van der Waals surface area contributed by atoms with Crippen LogP contribution >= 0.6 is 0 Å². The highest BCUT2D eigenvalue weighted by Crippen LogP contribution is 2.42. The number of Topliss-reactive ketones (excluding diaryl/α,β-unsaturated/α-hetero) is 2. The van der Waals surface area contributed by atoms with Crippen LogP contribution in [0.4, 0.5) is 0 Å². The molecule has 32 heavy (non-hydrogen) atoms. The molecular weight excluding hydrogens is 400 g/mol. The fourth-order valence-corrected chi connectivity index (χ4v) is 4.72. The van der Waals surface area contributed by atoms with E-state index in [0.717, 1.165) is 25.7 Å². The van der Waals surface area contributed by atoms with Crippen molar-refractivity contribution in [3.63, 3.8) is 0 Å². The van der Waals surface area contributed by atoms with Crippen LogP contribution in [0.5, 0.6) is 0 Å². The van der Waals surface area contributed by atoms with Gasteiger partial charge in [-0.1, -0.05) is 81.6 Å². The molecule has 0 fully saturated rings. The lowest BCUT2D eigenvalue weighted by atomic mass is 9.63. The second-order valence-corrected chi connectivity index (χ2v) is 10.5. The van der Waals surface area contributed by atoms with Gasteiger partial charge in [0.1, 0.15) is 11.7 Å². The Hall–Kier alpha value is -1.54. The van der Waals surface area contributed by atoms with E-state index in [9.17, 15) is 19.2 Å². The van der Waals surface area contributed by atoms with Crippen molar-refractivity contribution in [3.05, 3.63) is 5.57 Å². The topological polar surface area (TPSA) is 68.3 Å². The van der Waals surface area contributed by atoms with Gasteiger partial charge in [-0.3, -0.25) is 14.4 Å². The van der Waals surface area contributed by atoms with Crippen molar-refractivity contribution >= 4 is 23.8 Å². The maximum absolute atomic E-state index is 13.6. The molecular formula is C28H47O4. The second-order valence-electron chi connectivity index (χ2n) is 10.5. The van der Waals surface area contributed by atoms with Crippen molar-refractivity contribution in [2.24, 2.45) is 34.5 Å². The third-order valence-electron chi connectivity index (χ3n) is 7.73. The van der Waals surface area contributed by atoms with Gasteiger partial charge in [-0.25, -0.2) is 4.79 Å². The van der Waals surface area contributed by atoms with Crippen LogP contribution in [0.2, 0.25) is 0 Å². The van der Waals surface area contributed by atoms with Crippen LogP contribution in [-0.2, 0) is 19.2 Å². The molecule has 1 radical (unpaired) electrons. The first-order chi connectivity index (χ1) is 14.9. The monoisotopic (exact) mass is 447 g/mol. The Balaban J connectivity index is 5.85. The van der Waals surface area contributed by atoms with Crippen molar-refractivity contribution < 1.29 is 19.2 Å². The molecule has 0 aromatic heterocycles. The number of ketones is 2. The zero-order chi connectivity index (χ0) is 25.1. The fourth-order valence-electron chi connectivity index (χ4n) is 4.72. The van der Waals surface area contributed by atoms with Crippen molar-refractivity contribution in [2.45, 2.75) is 114 Å². The van der Waals surface area contributed by atoms with Crippen LogP contribution in [0, 0.1) is 34.5 Å². The van der Waals surface area contributed by atoms with Crippen LogP contribution in [0.25, 0.3) is 0 Å². The van der Waals surface area contributed by atoms with Gasteiger partial charge in [-0.05, 0) is 43.4 Å². The summed E-state index contributed by atoms with van der Waals surface area (Å²) in [6.07, 6.45) is 7.28. The molecule has 0 amide bonds. The summed E-state index contributed by atoms with van der Waals surface area (Å²) in [6, 6.07) is 0. The van der Waals surface area contributed by atoms with Gasteiger partial charge in [-0.2, -0.15) is 0 Å². The first-order valence-electron chi connectivity index (χ1n) is 12.6. The van der Waals surface area contributed by atoms with Gasteiger partial charge in [0, 0.05) is 17.8 Å². The van der Waals surface area contributed by atoms with Gasteiger partial charge in [-0.15, -0.1) is 0 Å². The van der Waals surface area contributed by atoms with Crippen LogP contribution in [-0.4, -0.2) is 23.8 Å². The molecule has 0 N–H and O–H groups in total. The van der Waals surface area contributed by atoms with Gasteiger partial charge >= 0.3 is 0 Å². The van der Waals surface area contributed by atoms with Crippen molar-refractivity contribution in [3.8, 4) is 0 Å². The van der Waals surface area contributed by atoms with E-state index in [1.54, 1.807) is 0 Å². The lowest BCUT2D eigenvalue weighted by Crippen LogP contribution is -2.43. The molecule has 0 aromatic carbocycles. The predicted octanol–water partition coefficient (Wildman–Crippen LogP) is 6.73. The summed E-state index contributed by atoms with van der Waals surface area (Å²) in [5.41, 5.74) is -1.78. The van der Waals surface area contributed by atoms with Gasteiger partial charge in [0.25, 0.3) is 0 Å². The van der Waals surface area contributed by atoms with Crippen LogP contribution < -0.4 is 0 Å². The van der Waals surface area contributed by atoms with E-state index in [0.29, 0.717) is 19.3 Å². The SMILES string of the molecule is CCCC(CC)C(=O)C(=C=O)C(C)(C)CCC(=O)C([C]=O)(CC(CC)CC)C(C)C(C)C. The van der Waals surface area contributed by atoms with E-state index in [-0.39, 0.29) is 47.2 Å². The van der Waals surface area contributed by atoms with Crippen LogP contribution in [0.15, 0.2) is 5.57 Å². The zero-order valence-electron chi connectivity index (χ0n) is 22.1. The molecule has 3 atom stereocenters. The lowest BCUT2D eigenvalue weighted by molar-refractivity contribution is -0.130. The summed E-state index contributed by atoms with van der Waals surface area (Å²) >= 11 is 0. The van der Waals surface area contributed by atoms with Crippen LogP contribution in [0.3, 0.4) is 0 Å². The fraction of sp³-hybridized carbons (Fsp3) is 0.821. The molecule has 0 aliphatic rings. The molecule has 0 bridgehead atoms. The largest absolute Gasteiger partial charge is 0.299 e. The van der Waals surface area contributed by atoms with Crippen molar-refractivity contribution in [1.29, 1.82) is 0 Å². The molecule has 183 valence electrons. The summed E-state index contributed by atoms with van der Waals surface area (Å²) in [5, 5.41) is 0. The summed E-state index contributed by atoms with van der Waals surface area (Å²) in [4.78, 5) is 50.7. The molecule has 4 nitrogen and oxygen atoms in total. The average molecular weight is 448 g/mol. The highest BCUT2D eigenvalue weighted by molar-refractivity contribution is 6.05. The highest BCUT2D eigenvalue weighted by Gasteiger charge is 2.46. The standard InChI is InChI=1S/C28H47O4/c1-10-14-23(13-4)26(32)24(18-29)27(8,9)16-15-25(31)28(19-30,21(7)20(5)6)17-22(11-2)12-3/h20-23H,10-17H2,1-9H3. The third kappa shape index (κ3) is 7.51. The van der Waals surface area contributed by atoms with Gasteiger partial charge in [0.15, 0.2) is 5.78 Å². The molecule has 4 heteroatoms. The minimum Gasteiger partial charge on any atom is -0.299 e. The van der Waals surface area contributed by atoms with Gasteiger partial charge < -0.3 is 0 Å². The molecule has 0 aliphatic heterocycles. The minimum atomic E-state index is -1.15. The number of rotatable bonds is 17. The summed E-state index contributed by atoms with van der Waals surface area (Å²) in [7, 11) is 0. The Morgan fingerprint density at radius 1 is 0.906 bits per heavy atom. The normalized spacial score (nSPS) is 15.7. The first kappa shape index (κ1) is 30.5. The molecule has 0 saturated heterocycles. The van der Waals surface area contributed by atoms with E-state index in [1.807, 2.05) is 54.4 Å². The van der Waals surface area contributed by atoms with E-state index in [4.69, 9.17) is 0 Å². The molecule has 0 spiro atoms.